The van der Waals surface area contributed by atoms with Crippen LogP contribution >= 0.6 is 11.6 Å². The molecule has 1 fully saturated rings. The highest BCUT2D eigenvalue weighted by Gasteiger charge is 2.40. The number of ether oxygens (including phenoxy) is 1. The summed E-state index contributed by atoms with van der Waals surface area (Å²) in [6.45, 7) is 0.868. The highest BCUT2D eigenvalue weighted by molar-refractivity contribution is 6.18. The maximum atomic E-state index is 5.74. The molecule has 1 saturated carbocycles. The van der Waals surface area contributed by atoms with Gasteiger partial charge in [0.15, 0.2) is 0 Å². The molecule has 0 spiro atoms. The van der Waals surface area contributed by atoms with Crippen molar-refractivity contribution in [2.75, 3.05) is 19.6 Å². The maximum Gasteiger partial charge on any atom is 0.0467 e. The van der Waals surface area contributed by atoms with Gasteiger partial charge in [-0.25, -0.2) is 0 Å². The minimum absolute atomic E-state index is 0.484. The van der Waals surface area contributed by atoms with Gasteiger partial charge in [0.1, 0.15) is 0 Å². The zero-order valence-corrected chi connectivity index (χ0v) is 6.58. The number of halogens is 1. The third kappa shape index (κ3) is 1.84. The number of hydrogen-bond donors (Lipinski definition) is 0. The van der Waals surface area contributed by atoms with E-state index < -0.39 is 0 Å². The van der Waals surface area contributed by atoms with Crippen LogP contribution in [0.15, 0.2) is 0 Å². The first kappa shape index (κ1) is 7.36. The highest BCUT2D eigenvalue weighted by atomic mass is 35.5. The summed E-state index contributed by atoms with van der Waals surface area (Å²) in [5.41, 5.74) is 0.484. The number of hydrogen-bond acceptors (Lipinski definition) is 1. The molecule has 0 saturated heterocycles. The molecule has 0 unspecified atom stereocenters. The molecule has 1 rings (SSSR count). The topological polar surface area (TPSA) is 9.23 Å². The Balaban J connectivity index is 2.10. The van der Waals surface area contributed by atoms with Gasteiger partial charge >= 0.3 is 0 Å². The fourth-order valence-corrected chi connectivity index (χ4v) is 1.35. The first-order valence-corrected chi connectivity index (χ1v) is 3.91. The number of methoxy groups -OCH3 is 1. The standard InChI is InChI=1S/C7H13ClO/c1-9-5-4-7(6-8)2-3-7/h2-6H2,1H3. The van der Waals surface area contributed by atoms with Gasteiger partial charge in [-0.15, -0.1) is 11.6 Å². The summed E-state index contributed by atoms with van der Waals surface area (Å²) in [7, 11) is 1.74. The van der Waals surface area contributed by atoms with Crippen LogP contribution in [0.3, 0.4) is 0 Å². The molecule has 1 nitrogen and oxygen atoms in total. The second kappa shape index (κ2) is 2.89. The van der Waals surface area contributed by atoms with Crippen LogP contribution in [0.2, 0.25) is 0 Å². The van der Waals surface area contributed by atoms with Crippen molar-refractivity contribution in [3.8, 4) is 0 Å². The predicted molar refractivity (Wildman–Crippen MR) is 38.9 cm³/mol. The molecule has 0 aromatic heterocycles. The van der Waals surface area contributed by atoms with E-state index in [9.17, 15) is 0 Å². The quantitative estimate of drug-likeness (QED) is 0.555. The monoisotopic (exact) mass is 148 g/mol. The van der Waals surface area contributed by atoms with E-state index in [1.165, 1.54) is 12.8 Å². The van der Waals surface area contributed by atoms with E-state index in [0.717, 1.165) is 18.9 Å². The summed E-state index contributed by atoms with van der Waals surface area (Å²) in [5.74, 6) is 0.816. The van der Waals surface area contributed by atoms with Crippen LogP contribution in [0, 0.1) is 5.41 Å². The Morgan fingerprint density at radius 3 is 2.56 bits per heavy atom. The molecule has 1 aliphatic carbocycles. The van der Waals surface area contributed by atoms with Crippen molar-refractivity contribution in [2.45, 2.75) is 19.3 Å². The van der Waals surface area contributed by atoms with E-state index in [1.54, 1.807) is 7.11 Å². The molecule has 0 aromatic carbocycles. The molecule has 0 atom stereocenters. The average Bonchev–Trinajstić information content (AvgIpc) is 2.65. The van der Waals surface area contributed by atoms with E-state index in [4.69, 9.17) is 16.3 Å². The van der Waals surface area contributed by atoms with Gasteiger partial charge in [-0.2, -0.15) is 0 Å². The summed E-state index contributed by atoms with van der Waals surface area (Å²) >= 11 is 5.74. The predicted octanol–water partition coefficient (Wildman–Crippen LogP) is 2.04. The summed E-state index contributed by atoms with van der Waals surface area (Å²) in [6, 6.07) is 0. The van der Waals surface area contributed by atoms with E-state index in [1.807, 2.05) is 0 Å². The molecule has 0 radical (unpaired) electrons. The first-order valence-electron chi connectivity index (χ1n) is 3.38. The summed E-state index contributed by atoms with van der Waals surface area (Å²) < 4.78 is 4.96. The van der Waals surface area contributed by atoms with Crippen LogP contribution in [-0.4, -0.2) is 19.6 Å². The maximum absolute atomic E-state index is 5.74. The molecule has 1 aliphatic rings. The summed E-state index contributed by atoms with van der Waals surface area (Å²) in [5, 5.41) is 0. The molecule has 2 heteroatoms. The van der Waals surface area contributed by atoms with Crippen molar-refractivity contribution in [2.24, 2.45) is 5.41 Å². The van der Waals surface area contributed by atoms with Gasteiger partial charge < -0.3 is 4.74 Å². The van der Waals surface area contributed by atoms with Crippen LogP contribution < -0.4 is 0 Å². The molecule has 0 heterocycles. The van der Waals surface area contributed by atoms with Gasteiger partial charge in [0.2, 0.25) is 0 Å². The van der Waals surface area contributed by atoms with Gasteiger partial charge in [-0.1, -0.05) is 0 Å². The van der Waals surface area contributed by atoms with Crippen molar-refractivity contribution in [1.82, 2.24) is 0 Å². The summed E-state index contributed by atoms with van der Waals surface area (Å²) in [4.78, 5) is 0. The lowest BCUT2D eigenvalue weighted by Gasteiger charge is -2.08. The molecule has 0 aliphatic heterocycles. The molecule has 54 valence electrons. The van der Waals surface area contributed by atoms with Crippen molar-refractivity contribution in [3.63, 3.8) is 0 Å². The van der Waals surface area contributed by atoms with Gasteiger partial charge in [-0.3, -0.25) is 0 Å². The molecule has 9 heavy (non-hydrogen) atoms. The van der Waals surface area contributed by atoms with Crippen LogP contribution in [0.4, 0.5) is 0 Å². The SMILES string of the molecule is COCCC1(CCl)CC1. The minimum atomic E-state index is 0.484. The highest BCUT2D eigenvalue weighted by Crippen LogP contribution is 2.49. The van der Waals surface area contributed by atoms with E-state index >= 15 is 0 Å². The van der Waals surface area contributed by atoms with Gasteiger partial charge in [0.05, 0.1) is 0 Å². The zero-order valence-electron chi connectivity index (χ0n) is 5.82. The molecular weight excluding hydrogens is 136 g/mol. The molecule has 0 amide bonds. The van der Waals surface area contributed by atoms with Gasteiger partial charge in [0.25, 0.3) is 0 Å². The molecular formula is C7H13ClO. The van der Waals surface area contributed by atoms with E-state index in [-0.39, 0.29) is 0 Å². The Bertz CT molecular complexity index is 88.9. The number of rotatable bonds is 4. The first-order chi connectivity index (χ1) is 4.33. The smallest absolute Gasteiger partial charge is 0.0467 e. The Morgan fingerprint density at radius 2 is 2.22 bits per heavy atom. The minimum Gasteiger partial charge on any atom is -0.385 e. The van der Waals surface area contributed by atoms with Gasteiger partial charge in [0, 0.05) is 19.6 Å². The Kier molecular flexibility index (Phi) is 2.36. The zero-order chi connectivity index (χ0) is 6.74. The third-order valence-corrected chi connectivity index (χ3v) is 2.64. The van der Waals surface area contributed by atoms with Crippen LogP contribution in [0.25, 0.3) is 0 Å². The van der Waals surface area contributed by atoms with Crippen LogP contribution in [0.1, 0.15) is 19.3 Å². The lowest BCUT2D eigenvalue weighted by atomic mass is 10.1. The second-order valence-corrected chi connectivity index (χ2v) is 3.14. The average molecular weight is 149 g/mol. The van der Waals surface area contributed by atoms with Crippen LogP contribution in [0.5, 0.6) is 0 Å². The van der Waals surface area contributed by atoms with Crippen molar-refractivity contribution in [3.05, 3.63) is 0 Å². The van der Waals surface area contributed by atoms with Crippen LogP contribution in [-0.2, 0) is 4.74 Å². The molecule has 0 bridgehead atoms. The Morgan fingerprint density at radius 1 is 1.56 bits per heavy atom. The lowest BCUT2D eigenvalue weighted by molar-refractivity contribution is 0.177. The third-order valence-electron chi connectivity index (χ3n) is 2.08. The van der Waals surface area contributed by atoms with E-state index in [0.29, 0.717) is 5.41 Å². The largest absolute Gasteiger partial charge is 0.385 e. The molecule has 0 N–H and O–H groups in total. The number of alkyl halides is 1. The summed E-state index contributed by atoms with van der Waals surface area (Å²) in [6.07, 6.45) is 3.76. The van der Waals surface area contributed by atoms with Crippen molar-refractivity contribution in [1.29, 1.82) is 0 Å². The normalized spacial score (nSPS) is 22.0. The van der Waals surface area contributed by atoms with Crippen molar-refractivity contribution >= 4 is 11.6 Å². The Labute approximate surface area is 61.3 Å². The lowest BCUT2D eigenvalue weighted by Crippen LogP contribution is -2.05. The van der Waals surface area contributed by atoms with E-state index in [2.05, 4.69) is 0 Å². The van der Waals surface area contributed by atoms with Crippen molar-refractivity contribution < 1.29 is 4.74 Å². The van der Waals surface area contributed by atoms with Gasteiger partial charge in [-0.05, 0) is 24.7 Å². The second-order valence-electron chi connectivity index (χ2n) is 2.88. The fraction of sp³-hybridized carbons (Fsp3) is 1.00. The molecule has 0 aromatic rings. The Hall–Kier alpha value is 0.250. The fourth-order valence-electron chi connectivity index (χ4n) is 0.946.